The van der Waals surface area contributed by atoms with Gasteiger partial charge in [0.05, 0.1) is 17.8 Å². The van der Waals surface area contributed by atoms with Crippen LogP contribution in [0.5, 0.6) is 11.6 Å². The molecule has 0 aliphatic carbocycles. The zero-order valence-corrected chi connectivity index (χ0v) is 12.7. The van der Waals surface area contributed by atoms with E-state index < -0.39 is 0 Å². The maximum atomic E-state index is 10.0. The molecule has 1 heterocycles. The van der Waals surface area contributed by atoms with Crippen molar-refractivity contribution in [3.05, 3.63) is 48.2 Å². The Morgan fingerprint density at radius 1 is 1.19 bits per heavy atom. The Balaban J connectivity index is 2.25. The Morgan fingerprint density at radius 2 is 1.95 bits per heavy atom. The van der Waals surface area contributed by atoms with Crippen molar-refractivity contribution in [2.45, 2.75) is 39.3 Å². The Labute approximate surface area is 125 Å². The van der Waals surface area contributed by atoms with Gasteiger partial charge in [-0.2, -0.15) is 0 Å². The van der Waals surface area contributed by atoms with E-state index in [1.165, 1.54) is 0 Å². The summed E-state index contributed by atoms with van der Waals surface area (Å²) in [4.78, 5) is 4.28. The molecule has 0 spiro atoms. The smallest absolute Gasteiger partial charge is 0.237 e. The van der Waals surface area contributed by atoms with Crippen LogP contribution in [-0.2, 0) is 0 Å². The van der Waals surface area contributed by atoms with Crippen LogP contribution in [0.3, 0.4) is 0 Å². The zero-order valence-electron chi connectivity index (χ0n) is 12.7. The average Bonchev–Trinajstić information content (AvgIpc) is 2.47. The summed E-state index contributed by atoms with van der Waals surface area (Å²) in [5.41, 5.74) is 1.71. The molecule has 1 aromatic carbocycles. The first-order chi connectivity index (χ1) is 10.1. The van der Waals surface area contributed by atoms with Crippen molar-refractivity contribution >= 4 is 5.69 Å². The van der Waals surface area contributed by atoms with Crippen molar-refractivity contribution in [2.24, 2.45) is 0 Å². The maximum Gasteiger partial charge on any atom is 0.237 e. The fraction of sp³-hybridized carbons (Fsp3) is 0.353. The van der Waals surface area contributed by atoms with Crippen LogP contribution in [0.4, 0.5) is 5.69 Å². The van der Waals surface area contributed by atoms with E-state index in [9.17, 15) is 5.11 Å². The predicted molar refractivity (Wildman–Crippen MR) is 84.8 cm³/mol. The highest BCUT2D eigenvalue weighted by molar-refractivity contribution is 5.54. The number of phenols is 1. The number of hydrogen-bond acceptors (Lipinski definition) is 4. The van der Waals surface area contributed by atoms with Crippen LogP contribution < -0.4 is 10.1 Å². The monoisotopic (exact) mass is 286 g/mol. The standard InChI is InChI=1S/C17H22N2O2/c1-4-14(13-8-5-6-10-16(13)20)19-15-9-7-11-18-17(15)21-12(2)3/h5-12,14,19-20H,4H2,1-3H3. The fourth-order valence-corrected chi connectivity index (χ4v) is 2.19. The van der Waals surface area contributed by atoms with Gasteiger partial charge >= 0.3 is 0 Å². The number of nitrogens with one attached hydrogen (secondary N) is 1. The van der Waals surface area contributed by atoms with Crippen LogP contribution in [0.2, 0.25) is 0 Å². The molecule has 0 aliphatic heterocycles. The lowest BCUT2D eigenvalue weighted by atomic mass is 10.0. The molecule has 2 N–H and O–H groups in total. The number of pyridine rings is 1. The number of aromatic hydroxyl groups is 1. The highest BCUT2D eigenvalue weighted by atomic mass is 16.5. The third-order valence-electron chi connectivity index (χ3n) is 3.17. The van der Waals surface area contributed by atoms with E-state index in [2.05, 4.69) is 17.2 Å². The molecule has 1 atom stereocenters. The highest BCUT2D eigenvalue weighted by Gasteiger charge is 2.15. The predicted octanol–water partition coefficient (Wildman–Crippen LogP) is 4.14. The van der Waals surface area contributed by atoms with Gasteiger partial charge in [-0.15, -0.1) is 0 Å². The molecule has 112 valence electrons. The lowest BCUT2D eigenvalue weighted by Crippen LogP contribution is -2.13. The Bertz CT molecular complexity index is 585. The van der Waals surface area contributed by atoms with Gasteiger partial charge in [-0.3, -0.25) is 0 Å². The number of phenolic OH excluding ortho intramolecular Hbond substituents is 1. The van der Waals surface area contributed by atoms with Gasteiger partial charge in [0.25, 0.3) is 0 Å². The fourth-order valence-electron chi connectivity index (χ4n) is 2.19. The van der Waals surface area contributed by atoms with Gasteiger partial charge in [0, 0.05) is 11.8 Å². The molecule has 0 radical (unpaired) electrons. The second-order valence-corrected chi connectivity index (χ2v) is 5.19. The van der Waals surface area contributed by atoms with E-state index >= 15 is 0 Å². The van der Waals surface area contributed by atoms with Crippen LogP contribution in [0.1, 0.15) is 38.8 Å². The van der Waals surface area contributed by atoms with Crippen LogP contribution in [0.15, 0.2) is 42.6 Å². The van der Waals surface area contributed by atoms with Gasteiger partial charge in [-0.05, 0) is 38.5 Å². The summed E-state index contributed by atoms with van der Waals surface area (Å²) in [6.07, 6.45) is 2.61. The molecule has 0 bridgehead atoms. The molecule has 2 rings (SSSR count). The van der Waals surface area contributed by atoms with Gasteiger partial charge in [0.2, 0.25) is 5.88 Å². The van der Waals surface area contributed by atoms with E-state index in [1.807, 2.05) is 44.2 Å². The van der Waals surface area contributed by atoms with Crippen LogP contribution >= 0.6 is 0 Å². The minimum atomic E-state index is 0.00455. The van der Waals surface area contributed by atoms with Gasteiger partial charge in [0.1, 0.15) is 5.75 Å². The summed E-state index contributed by atoms with van der Waals surface area (Å²) in [7, 11) is 0. The Kier molecular flexibility index (Phi) is 5.04. The van der Waals surface area contributed by atoms with Crippen LogP contribution in [0, 0.1) is 0 Å². The van der Waals surface area contributed by atoms with Crippen molar-refractivity contribution < 1.29 is 9.84 Å². The number of benzene rings is 1. The summed E-state index contributed by atoms with van der Waals surface area (Å²) in [6, 6.07) is 11.2. The lowest BCUT2D eigenvalue weighted by Gasteiger charge is -2.21. The number of anilines is 1. The SMILES string of the molecule is CCC(Nc1cccnc1OC(C)C)c1ccccc1O. The number of hydrogen-bond donors (Lipinski definition) is 2. The lowest BCUT2D eigenvalue weighted by molar-refractivity contribution is 0.234. The molecule has 2 aromatic rings. The summed E-state index contributed by atoms with van der Waals surface area (Å²) >= 11 is 0. The molecule has 0 saturated heterocycles. The first-order valence-electron chi connectivity index (χ1n) is 7.28. The molecule has 4 heteroatoms. The van der Waals surface area contributed by atoms with Gasteiger partial charge in [0.15, 0.2) is 0 Å². The molecule has 1 unspecified atom stereocenters. The maximum absolute atomic E-state index is 10.0. The van der Waals surface area contributed by atoms with Gasteiger partial charge in [-0.25, -0.2) is 4.98 Å². The molecule has 21 heavy (non-hydrogen) atoms. The largest absolute Gasteiger partial charge is 0.508 e. The minimum absolute atomic E-state index is 0.00455. The first-order valence-corrected chi connectivity index (χ1v) is 7.28. The number of aromatic nitrogens is 1. The van der Waals surface area contributed by atoms with Crippen molar-refractivity contribution in [1.29, 1.82) is 0 Å². The second-order valence-electron chi connectivity index (χ2n) is 5.19. The third-order valence-corrected chi connectivity index (χ3v) is 3.17. The van der Waals surface area contributed by atoms with Gasteiger partial charge < -0.3 is 15.2 Å². The van der Waals surface area contributed by atoms with E-state index in [4.69, 9.17) is 4.74 Å². The topological polar surface area (TPSA) is 54.4 Å². The summed E-state index contributed by atoms with van der Waals surface area (Å²) in [5.74, 6) is 0.883. The normalized spacial score (nSPS) is 12.2. The molecular weight excluding hydrogens is 264 g/mol. The average molecular weight is 286 g/mol. The van der Waals surface area contributed by atoms with Crippen LogP contribution in [-0.4, -0.2) is 16.2 Å². The first kappa shape index (κ1) is 15.2. The molecule has 0 fully saturated rings. The molecular formula is C17H22N2O2. The Hall–Kier alpha value is -2.23. The van der Waals surface area contributed by atoms with Gasteiger partial charge in [-0.1, -0.05) is 25.1 Å². The van der Waals surface area contributed by atoms with E-state index in [1.54, 1.807) is 12.3 Å². The number of ether oxygens (including phenoxy) is 1. The molecule has 1 aromatic heterocycles. The summed E-state index contributed by atoms with van der Waals surface area (Å²) in [5, 5.41) is 13.4. The second kappa shape index (κ2) is 6.97. The Morgan fingerprint density at radius 3 is 2.62 bits per heavy atom. The minimum Gasteiger partial charge on any atom is -0.508 e. The van der Waals surface area contributed by atoms with Crippen LogP contribution in [0.25, 0.3) is 0 Å². The zero-order chi connectivity index (χ0) is 15.2. The molecule has 0 saturated carbocycles. The molecule has 0 amide bonds. The molecule has 0 aliphatic rings. The summed E-state index contributed by atoms with van der Waals surface area (Å²) < 4.78 is 5.72. The van der Waals surface area contributed by atoms with Crippen molar-refractivity contribution in [3.8, 4) is 11.6 Å². The van der Waals surface area contributed by atoms with E-state index in [-0.39, 0.29) is 12.1 Å². The number of rotatable bonds is 6. The number of para-hydroxylation sites is 1. The van der Waals surface area contributed by atoms with E-state index in [0.29, 0.717) is 11.6 Å². The quantitative estimate of drug-likeness (QED) is 0.838. The molecule has 4 nitrogen and oxygen atoms in total. The van der Waals surface area contributed by atoms with E-state index in [0.717, 1.165) is 17.7 Å². The van der Waals surface area contributed by atoms with Crippen molar-refractivity contribution in [2.75, 3.05) is 5.32 Å². The third kappa shape index (κ3) is 3.88. The van der Waals surface area contributed by atoms with Crippen molar-refractivity contribution in [1.82, 2.24) is 4.98 Å². The summed E-state index contributed by atoms with van der Waals surface area (Å²) in [6.45, 7) is 6.01. The van der Waals surface area contributed by atoms with Crippen molar-refractivity contribution in [3.63, 3.8) is 0 Å². The highest BCUT2D eigenvalue weighted by Crippen LogP contribution is 2.32. The number of nitrogens with zero attached hydrogens (tertiary/aromatic N) is 1.